The second-order valence-corrected chi connectivity index (χ2v) is 4.80. The number of hydrogen-bond donors (Lipinski definition) is 1. The smallest absolute Gasteiger partial charge is 0.00249 e. The Labute approximate surface area is 111 Å². The van der Waals surface area contributed by atoms with Gasteiger partial charge in [-0.1, -0.05) is 41.0 Å². The van der Waals surface area contributed by atoms with Gasteiger partial charge in [0, 0.05) is 0 Å². The van der Waals surface area contributed by atoms with Crippen LogP contribution in [-0.2, 0) is 0 Å². The van der Waals surface area contributed by atoms with E-state index in [2.05, 4.69) is 45.1 Å². The lowest BCUT2D eigenvalue weighted by atomic mass is 10.1. The lowest BCUT2D eigenvalue weighted by molar-refractivity contribution is 0.398. The van der Waals surface area contributed by atoms with Crippen LogP contribution in [0.4, 0.5) is 0 Å². The first-order valence-electron chi connectivity index (χ1n) is 7.33. The summed E-state index contributed by atoms with van der Waals surface area (Å²) in [6.07, 6.45) is 5.29. The van der Waals surface area contributed by atoms with Crippen molar-refractivity contribution in [3.8, 4) is 0 Å². The van der Waals surface area contributed by atoms with Crippen molar-refractivity contribution in [1.82, 2.24) is 10.2 Å². The molecule has 0 aliphatic rings. The van der Waals surface area contributed by atoms with Gasteiger partial charge in [-0.15, -0.1) is 0 Å². The Morgan fingerprint density at radius 2 is 1.59 bits per heavy atom. The summed E-state index contributed by atoms with van der Waals surface area (Å²) in [5.41, 5.74) is 0. The van der Waals surface area contributed by atoms with E-state index in [-0.39, 0.29) is 0 Å². The van der Waals surface area contributed by atoms with E-state index in [1.165, 1.54) is 32.2 Å². The molecule has 2 nitrogen and oxygen atoms in total. The lowest BCUT2D eigenvalue weighted by Gasteiger charge is -2.05. The first-order chi connectivity index (χ1) is 8.04. The minimum atomic E-state index is 0.864. The van der Waals surface area contributed by atoms with Gasteiger partial charge in [0.1, 0.15) is 0 Å². The van der Waals surface area contributed by atoms with Crippen molar-refractivity contribution >= 4 is 0 Å². The molecule has 0 spiro atoms. The predicted octanol–water partition coefficient (Wildman–Crippen LogP) is 4.02. The maximum Gasteiger partial charge on any atom is -0.00249 e. The van der Waals surface area contributed by atoms with Crippen molar-refractivity contribution in [2.45, 2.75) is 60.3 Å². The monoisotopic (exact) mass is 246 g/mol. The van der Waals surface area contributed by atoms with Crippen LogP contribution in [0.3, 0.4) is 0 Å². The fraction of sp³-hybridized carbons (Fsp3) is 1.00. The van der Waals surface area contributed by atoms with Crippen LogP contribution in [0.5, 0.6) is 0 Å². The van der Waals surface area contributed by atoms with Crippen molar-refractivity contribution < 1.29 is 0 Å². The Kier molecular flexibility index (Phi) is 27.6. The van der Waals surface area contributed by atoms with E-state index < -0.39 is 0 Å². The Morgan fingerprint density at radius 3 is 1.82 bits per heavy atom. The van der Waals surface area contributed by atoms with Crippen molar-refractivity contribution in [1.29, 1.82) is 0 Å². The van der Waals surface area contributed by atoms with Crippen LogP contribution in [0.2, 0.25) is 0 Å². The highest BCUT2D eigenvalue weighted by atomic mass is 15.0. The van der Waals surface area contributed by atoms with E-state index in [1.807, 2.05) is 20.9 Å². The highest BCUT2D eigenvalue weighted by Gasteiger charge is 1.90. The van der Waals surface area contributed by atoms with Crippen LogP contribution < -0.4 is 5.32 Å². The molecular weight excluding hydrogens is 208 g/mol. The van der Waals surface area contributed by atoms with E-state index in [9.17, 15) is 0 Å². The third-order valence-electron chi connectivity index (χ3n) is 2.17. The number of hydrogen-bond acceptors (Lipinski definition) is 2. The van der Waals surface area contributed by atoms with E-state index in [4.69, 9.17) is 0 Å². The van der Waals surface area contributed by atoms with Crippen LogP contribution in [0, 0.1) is 5.92 Å². The minimum Gasteiger partial charge on any atom is -0.320 e. The molecule has 0 saturated carbocycles. The Morgan fingerprint density at radius 1 is 1.06 bits per heavy atom. The predicted molar refractivity (Wildman–Crippen MR) is 82.8 cm³/mol. The van der Waals surface area contributed by atoms with Crippen LogP contribution in [0.1, 0.15) is 60.3 Å². The van der Waals surface area contributed by atoms with Gasteiger partial charge in [0.2, 0.25) is 0 Å². The van der Waals surface area contributed by atoms with Gasteiger partial charge in [0.05, 0.1) is 0 Å². The van der Waals surface area contributed by atoms with E-state index in [0.29, 0.717) is 0 Å². The fourth-order valence-corrected chi connectivity index (χ4v) is 1.16. The second-order valence-electron chi connectivity index (χ2n) is 4.80. The summed E-state index contributed by atoms with van der Waals surface area (Å²) in [7, 11) is 6.21. The molecule has 1 N–H and O–H groups in total. The molecule has 0 fully saturated rings. The first kappa shape index (κ1) is 22.1. The molecule has 0 rings (SSSR count). The Bertz CT molecular complexity index is 101. The molecule has 0 unspecified atom stereocenters. The number of unbranched alkanes of at least 4 members (excludes halogenated alkanes) is 1. The molecule has 0 bridgehead atoms. The summed E-state index contributed by atoms with van der Waals surface area (Å²) in [5.74, 6) is 0.864. The van der Waals surface area contributed by atoms with Gasteiger partial charge in [-0.2, -0.15) is 0 Å². The zero-order valence-corrected chi connectivity index (χ0v) is 13.8. The van der Waals surface area contributed by atoms with Crippen molar-refractivity contribution in [2.75, 3.05) is 34.2 Å². The van der Waals surface area contributed by atoms with E-state index in [0.717, 1.165) is 12.5 Å². The average Bonchev–Trinajstić information content (AvgIpc) is 2.30. The third-order valence-corrected chi connectivity index (χ3v) is 2.17. The maximum atomic E-state index is 3.12. The molecule has 0 amide bonds. The van der Waals surface area contributed by atoms with Gasteiger partial charge in [-0.25, -0.2) is 0 Å². The van der Waals surface area contributed by atoms with E-state index in [1.54, 1.807) is 0 Å². The highest BCUT2D eigenvalue weighted by Crippen LogP contribution is 2.00. The number of nitrogens with one attached hydrogen (secondary N) is 1. The molecule has 0 aromatic carbocycles. The molecule has 0 aromatic heterocycles. The summed E-state index contributed by atoms with van der Waals surface area (Å²) in [6, 6.07) is 0. The molecular formula is C15H38N2. The zero-order valence-electron chi connectivity index (χ0n) is 13.8. The highest BCUT2D eigenvalue weighted by molar-refractivity contribution is 4.46. The van der Waals surface area contributed by atoms with Crippen molar-refractivity contribution in [2.24, 2.45) is 5.92 Å². The SMILES string of the molecule is CC.CCCCN(C)C.CNCCCC(C)C. The van der Waals surface area contributed by atoms with Crippen LogP contribution in [0.25, 0.3) is 0 Å². The summed E-state index contributed by atoms with van der Waals surface area (Å²) in [6.45, 7) is 13.1. The second kappa shape index (κ2) is 21.2. The molecule has 0 atom stereocenters. The van der Waals surface area contributed by atoms with Gasteiger partial charge in [0.25, 0.3) is 0 Å². The zero-order chi connectivity index (χ0) is 14.1. The van der Waals surface area contributed by atoms with Gasteiger partial charge in [0.15, 0.2) is 0 Å². The molecule has 0 radical (unpaired) electrons. The van der Waals surface area contributed by atoms with Crippen molar-refractivity contribution in [3.05, 3.63) is 0 Å². The third kappa shape index (κ3) is 38.8. The maximum absolute atomic E-state index is 3.12. The molecule has 17 heavy (non-hydrogen) atoms. The summed E-state index contributed by atoms with van der Waals surface area (Å²) >= 11 is 0. The Hall–Kier alpha value is -0.0800. The largest absolute Gasteiger partial charge is 0.320 e. The molecule has 108 valence electrons. The molecule has 0 aromatic rings. The standard InChI is InChI=1S/C7H17N.C6H15N.C2H6/c1-7(2)5-4-6-8-3;1-4-5-6-7(2)3;1-2/h7-8H,4-6H2,1-3H3;4-6H2,1-3H3;1-2H3. The Balaban J connectivity index is -0.000000202. The van der Waals surface area contributed by atoms with E-state index >= 15 is 0 Å². The van der Waals surface area contributed by atoms with Crippen molar-refractivity contribution in [3.63, 3.8) is 0 Å². The summed E-state index contributed by atoms with van der Waals surface area (Å²) in [5, 5.41) is 3.12. The first-order valence-corrected chi connectivity index (χ1v) is 7.33. The summed E-state index contributed by atoms with van der Waals surface area (Å²) < 4.78 is 0. The molecule has 0 heterocycles. The summed E-state index contributed by atoms with van der Waals surface area (Å²) in [4.78, 5) is 2.21. The molecule has 0 saturated heterocycles. The van der Waals surface area contributed by atoms with Gasteiger partial charge in [-0.05, 0) is 59.4 Å². The van der Waals surface area contributed by atoms with Crippen LogP contribution in [0.15, 0.2) is 0 Å². The molecule has 2 heteroatoms. The average molecular weight is 246 g/mol. The number of rotatable bonds is 7. The van der Waals surface area contributed by atoms with Gasteiger partial charge >= 0.3 is 0 Å². The minimum absolute atomic E-state index is 0.864. The fourth-order valence-electron chi connectivity index (χ4n) is 1.16. The molecule has 0 aliphatic carbocycles. The van der Waals surface area contributed by atoms with Gasteiger partial charge in [-0.3, -0.25) is 0 Å². The lowest BCUT2D eigenvalue weighted by Crippen LogP contribution is -2.12. The van der Waals surface area contributed by atoms with Crippen LogP contribution in [-0.4, -0.2) is 39.1 Å². The topological polar surface area (TPSA) is 15.3 Å². The van der Waals surface area contributed by atoms with Crippen LogP contribution >= 0.6 is 0 Å². The normalized spacial score (nSPS) is 9.53. The number of nitrogens with zero attached hydrogens (tertiary/aromatic N) is 1. The quantitative estimate of drug-likeness (QED) is 0.683. The molecule has 0 aliphatic heterocycles. The van der Waals surface area contributed by atoms with Gasteiger partial charge < -0.3 is 10.2 Å².